The second-order valence-corrected chi connectivity index (χ2v) is 4.88. The molecule has 108 valence electrons. The number of nitrogens with two attached hydrogens (primary N) is 1. The summed E-state index contributed by atoms with van der Waals surface area (Å²) in [6.07, 6.45) is 6.05. The molecule has 1 aromatic carbocycles. The highest BCUT2D eigenvalue weighted by Crippen LogP contribution is 2.20. The summed E-state index contributed by atoms with van der Waals surface area (Å²) in [5.41, 5.74) is 7.72. The SMILES string of the molecule is CCCCOc1ccc(-c2ncc(CCCN)[nH]2)cc1. The molecular weight excluding hydrogens is 250 g/mol. The van der Waals surface area contributed by atoms with Gasteiger partial charge in [0, 0.05) is 17.5 Å². The molecule has 0 radical (unpaired) electrons. The first-order valence-electron chi connectivity index (χ1n) is 7.30. The Morgan fingerprint density at radius 3 is 2.70 bits per heavy atom. The Labute approximate surface area is 120 Å². The minimum Gasteiger partial charge on any atom is -0.494 e. The third-order valence-corrected chi connectivity index (χ3v) is 3.17. The normalized spacial score (nSPS) is 10.7. The van der Waals surface area contributed by atoms with E-state index < -0.39 is 0 Å². The van der Waals surface area contributed by atoms with E-state index >= 15 is 0 Å². The monoisotopic (exact) mass is 273 g/mol. The summed E-state index contributed by atoms with van der Waals surface area (Å²) in [5, 5.41) is 0. The van der Waals surface area contributed by atoms with Crippen LogP contribution in [0.4, 0.5) is 0 Å². The van der Waals surface area contributed by atoms with Gasteiger partial charge in [-0.25, -0.2) is 4.98 Å². The van der Waals surface area contributed by atoms with E-state index in [2.05, 4.69) is 16.9 Å². The van der Waals surface area contributed by atoms with E-state index in [9.17, 15) is 0 Å². The number of aromatic nitrogens is 2. The number of unbranched alkanes of at least 4 members (excludes halogenated alkanes) is 1. The molecule has 0 atom stereocenters. The molecule has 2 rings (SSSR count). The fourth-order valence-corrected chi connectivity index (χ4v) is 1.97. The van der Waals surface area contributed by atoms with E-state index in [1.54, 1.807) is 0 Å². The van der Waals surface area contributed by atoms with Crippen LogP contribution in [0.3, 0.4) is 0 Å². The van der Waals surface area contributed by atoms with Crippen molar-refractivity contribution in [1.29, 1.82) is 0 Å². The predicted molar refractivity (Wildman–Crippen MR) is 81.8 cm³/mol. The van der Waals surface area contributed by atoms with Gasteiger partial charge in [0.2, 0.25) is 0 Å². The molecule has 0 aliphatic heterocycles. The minimum absolute atomic E-state index is 0.706. The van der Waals surface area contributed by atoms with E-state index in [-0.39, 0.29) is 0 Å². The number of imidazole rings is 1. The van der Waals surface area contributed by atoms with Crippen molar-refractivity contribution in [2.75, 3.05) is 13.2 Å². The van der Waals surface area contributed by atoms with Crippen molar-refractivity contribution in [3.63, 3.8) is 0 Å². The second kappa shape index (κ2) is 7.70. The standard InChI is InChI=1S/C16H23N3O/c1-2-3-11-20-15-8-6-13(7-9-15)16-18-12-14(19-16)5-4-10-17/h6-9,12H,2-5,10-11,17H2,1H3,(H,18,19). The maximum Gasteiger partial charge on any atom is 0.137 e. The fraction of sp³-hybridized carbons (Fsp3) is 0.438. The molecule has 0 unspecified atom stereocenters. The molecule has 20 heavy (non-hydrogen) atoms. The maximum atomic E-state index is 5.65. The highest BCUT2D eigenvalue weighted by Gasteiger charge is 2.04. The van der Waals surface area contributed by atoms with E-state index in [0.29, 0.717) is 6.54 Å². The average Bonchev–Trinajstić information content (AvgIpc) is 2.95. The van der Waals surface area contributed by atoms with Crippen LogP contribution in [0.1, 0.15) is 31.9 Å². The quantitative estimate of drug-likeness (QED) is 0.726. The number of benzene rings is 1. The molecule has 4 heteroatoms. The molecule has 0 amide bonds. The molecule has 1 aromatic heterocycles. The Morgan fingerprint density at radius 2 is 2.00 bits per heavy atom. The van der Waals surface area contributed by atoms with Gasteiger partial charge in [-0.15, -0.1) is 0 Å². The van der Waals surface area contributed by atoms with Crippen LogP contribution in [-0.2, 0) is 6.42 Å². The number of nitrogens with one attached hydrogen (secondary N) is 1. The lowest BCUT2D eigenvalue weighted by atomic mass is 10.2. The molecule has 0 spiro atoms. The van der Waals surface area contributed by atoms with E-state index in [4.69, 9.17) is 10.5 Å². The Balaban J connectivity index is 1.96. The molecule has 0 aliphatic carbocycles. The number of H-pyrrole nitrogens is 1. The van der Waals surface area contributed by atoms with Crippen LogP contribution in [0.2, 0.25) is 0 Å². The van der Waals surface area contributed by atoms with Crippen LogP contribution in [0.5, 0.6) is 5.75 Å². The molecule has 1 heterocycles. The average molecular weight is 273 g/mol. The predicted octanol–water partition coefficient (Wildman–Crippen LogP) is 3.15. The molecule has 4 nitrogen and oxygen atoms in total. The number of aromatic amines is 1. The smallest absolute Gasteiger partial charge is 0.137 e. The lowest BCUT2D eigenvalue weighted by Crippen LogP contribution is -2.00. The first-order chi connectivity index (χ1) is 9.83. The summed E-state index contributed by atoms with van der Waals surface area (Å²) in [6.45, 7) is 3.64. The van der Waals surface area contributed by atoms with Crippen molar-refractivity contribution in [3.8, 4) is 17.1 Å². The number of hydrogen-bond donors (Lipinski definition) is 2. The molecule has 3 N–H and O–H groups in total. The van der Waals surface area contributed by atoms with Crippen LogP contribution < -0.4 is 10.5 Å². The molecule has 0 bridgehead atoms. The molecule has 0 saturated heterocycles. The van der Waals surface area contributed by atoms with Crippen molar-refractivity contribution in [3.05, 3.63) is 36.2 Å². The van der Waals surface area contributed by atoms with Gasteiger partial charge in [-0.1, -0.05) is 13.3 Å². The number of nitrogens with zero attached hydrogens (tertiary/aromatic N) is 1. The Bertz CT molecular complexity index is 505. The fourth-order valence-electron chi connectivity index (χ4n) is 1.97. The zero-order valence-corrected chi connectivity index (χ0v) is 12.1. The molecule has 0 saturated carbocycles. The van der Waals surface area contributed by atoms with Crippen molar-refractivity contribution >= 4 is 0 Å². The van der Waals surface area contributed by atoms with Gasteiger partial charge < -0.3 is 15.5 Å². The Kier molecular flexibility index (Phi) is 5.62. The summed E-state index contributed by atoms with van der Waals surface area (Å²) < 4.78 is 5.65. The van der Waals surface area contributed by atoms with Gasteiger partial charge in [0.05, 0.1) is 6.61 Å². The third kappa shape index (κ3) is 4.10. The maximum absolute atomic E-state index is 5.65. The van der Waals surface area contributed by atoms with Gasteiger partial charge in [0.1, 0.15) is 11.6 Å². The number of ether oxygens (including phenoxy) is 1. The second-order valence-electron chi connectivity index (χ2n) is 4.88. The van der Waals surface area contributed by atoms with Crippen molar-refractivity contribution in [1.82, 2.24) is 9.97 Å². The van der Waals surface area contributed by atoms with Crippen LogP contribution in [-0.4, -0.2) is 23.1 Å². The van der Waals surface area contributed by atoms with Crippen molar-refractivity contribution in [2.45, 2.75) is 32.6 Å². The number of aryl methyl sites for hydroxylation is 1. The summed E-state index contributed by atoms with van der Waals surface area (Å²) in [4.78, 5) is 7.74. The lowest BCUT2D eigenvalue weighted by Gasteiger charge is -2.05. The molecule has 2 aromatic rings. The van der Waals surface area contributed by atoms with Crippen LogP contribution in [0, 0.1) is 0 Å². The number of hydrogen-bond acceptors (Lipinski definition) is 3. The van der Waals surface area contributed by atoms with Gasteiger partial charge in [-0.05, 0) is 50.1 Å². The summed E-state index contributed by atoms with van der Waals surface area (Å²) >= 11 is 0. The topological polar surface area (TPSA) is 63.9 Å². The third-order valence-electron chi connectivity index (χ3n) is 3.17. The molecule has 0 fully saturated rings. The van der Waals surface area contributed by atoms with Crippen LogP contribution >= 0.6 is 0 Å². The van der Waals surface area contributed by atoms with Gasteiger partial charge >= 0.3 is 0 Å². The zero-order valence-electron chi connectivity index (χ0n) is 12.1. The summed E-state index contributed by atoms with van der Waals surface area (Å²) in [5.74, 6) is 1.81. The Hall–Kier alpha value is -1.81. The first kappa shape index (κ1) is 14.6. The van der Waals surface area contributed by atoms with Crippen LogP contribution in [0.15, 0.2) is 30.5 Å². The summed E-state index contributed by atoms with van der Waals surface area (Å²) in [6, 6.07) is 8.06. The van der Waals surface area contributed by atoms with Gasteiger partial charge in [-0.3, -0.25) is 0 Å². The van der Waals surface area contributed by atoms with E-state index in [1.165, 1.54) is 0 Å². The lowest BCUT2D eigenvalue weighted by molar-refractivity contribution is 0.309. The van der Waals surface area contributed by atoms with E-state index in [1.807, 2.05) is 30.5 Å². The highest BCUT2D eigenvalue weighted by molar-refractivity contribution is 5.56. The highest BCUT2D eigenvalue weighted by atomic mass is 16.5. The van der Waals surface area contributed by atoms with Crippen molar-refractivity contribution in [2.24, 2.45) is 5.73 Å². The van der Waals surface area contributed by atoms with E-state index in [0.717, 1.165) is 55.1 Å². The van der Waals surface area contributed by atoms with Gasteiger partial charge in [-0.2, -0.15) is 0 Å². The van der Waals surface area contributed by atoms with Gasteiger partial charge in [0.15, 0.2) is 0 Å². The van der Waals surface area contributed by atoms with Gasteiger partial charge in [0.25, 0.3) is 0 Å². The van der Waals surface area contributed by atoms with Crippen LogP contribution in [0.25, 0.3) is 11.4 Å². The summed E-state index contributed by atoms with van der Waals surface area (Å²) in [7, 11) is 0. The number of rotatable bonds is 8. The zero-order chi connectivity index (χ0) is 14.2. The minimum atomic E-state index is 0.706. The first-order valence-corrected chi connectivity index (χ1v) is 7.30. The van der Waals surface area contributed by atoms with Crippen molar-refractivity contribution < 1.29 is 4.74 Å². The molecule has 0 aliphatic rings. The Morgan fingerprint density at radius 1 is 1.20 bits per heavy atom. The molecular formula is C16H23N3O. The largest absolute Gasteiger partial charge is 0.494 e.